The van der Waals surface area contributed by atoms with Crippen LogP contribution >= 0.6 is 11.3 Å². The van der Waals surface area contributed by atoms with Gasteiger partial charge < -0.3 is 10.4 Å². The number of aliphatic hydroxyl groups is 1. The van der Waals surface area contributed by atoms with Gasteiger partial charge >= 0.3 is 0 Å². The standard InChI is InChI=1S/C18H28N2OS/c1-17(2)10-15(11-18(3,4)19-17)20(5)12-16-9-14(13-22-16)7-6-8-21/h9,13,15,19,21H,8,10-12H2,1-5H3. The molecule has 0 bridgehead atoms. The van der Waals surface area contributed by atoms with E-state index in [1.165, 1.54) is 4.88 Å². The molecule has 122 valence electrons. The Morgan fingerprint density at radius 1 is 1.32 bits per heavy atom. The molecule has 0 radical (unpaired) electrons. The van der Waals surface area contributed by atoms with Gasteiger partial charge in [0.2, 0.25) is 0 Å². The van der Waals surface area contributed by atoms with Gasteiger partial charge in [0.05, 0.1) is 0 Å². The Hall–Kier alpha value is -0.860. The second-order valence-electron chi connectivity index (χ2n) is 7.63. The third-order valence-electron chi connectivity index (χ3n) is 4.16. The Morgan fingerprint density at radius 3 is 2.55 bits per heavy atom. The summed E-state index contributed by atoms with van der Waals surface area (Å²) in [5, 5.41) is 14.6. The van der Waals surface area contributed by atoms with Gasteiger partial charge in [-0.2, -0.15) is 0 Å². The Bertz CT molecular complexity index is 549. The zero-order valence-electron chi connectivity index (χ0n) is 14.4. The minimum atomic E-state index is -0.0790. The van der Waals surface area contributed by atoms with Crippen molar-refractivity contribution < 1.29 is 5.11 Å². The number of nitrogens with one attached hydrogen (secondary N) is 1. The van der Waals surface area contributed by atoms with Crippen molar-refractivity contribution in [2.75, 3.05) is 13.7 Å². The SMILES string of the molecule is CN(Cc1cc(C#CCO)cs1)C1CC(C)(C)NC(C)(C)C1. The summed E-state index contributed by atoms with van der Waals surface area (Å²) in [4.78, 5) is 3.80. The highest BCUT2D eigenvalue weighted by molar-refractivity contribution is 7.10. The molecule has 1 fully saturated rings. The lowest BCUT2D eigenvalue weighted by Crippen LogP contribution is -2.61. The van der Waals surface area contributed by atoms with Crippen LogP contribution in [0.1, 0.15) is 51.0 Å². The molecule has 2 rings (SSSR count). The molecule has 0 saturated carbocycles. The topological polar surface area (TPSA) is 35.5 Å². The van der Waals surface area contributed by atoms with Crippen LogP contribution in [0.25, 0.3) is 0 Å². The quantitative estimate of drug-likeness (QED) is 0.841. The maximum Gasteiger partial charge on any atom is 0.104 e. The van der Waals surface area contributed by atoms with Crippen LogP contribution in [0.3, 0.4) is 0 Å². The van der Waals surface area contributed by atoms with E-state index in [1.807, 2.05) is 0 Å². The van der Waals surface area contributed by atoms with E-state index in [2.05, 4.69) is 68.2 Å². The van der Waals surface area contributed by atoms with Crippen molar-refractivity contribution in [3.63, 3.8) is 0 Å². The largest absolute Gasteiger partial charge is 0.384 e. The van der Waals surface area contributed by atoms with Crippen LogP contribution in [-0.2, 0) is 6.54 Å². The monoisotopic (exact) mass is 320 g/mol. The van der Waals surface area contributed by atoms with E-state index < -0.39 is 0 Å². The average molecular weight is 321 g/mol. The number of aliphatic hydroxyl groups excluding tert-OH is 1. The molecule has 1 aromatic rings. The molecular weight excluding hydrogens is 292 g/mol. The number of nitrogens with zero attached hydrogens (tertiary/aromatic N) is 1. The van der Waals surface area contributed by atoms with E-state index in [4.69, 9.17) is 5.11 Å². The summed E-state index contributed by atoms with van der Waals surface area (Å²) in [7, 11) is 2.22. The predicted molar refractivity (Wildman–Crippen MR) is 94.1 cm³/mol. The molecule has 0 amide bonds. The molecule has 2 heterocycles. The van der Waals surface area contributed by atoms with Gasteiger partial charge in [-0.05, 0) is 53.7 Å². The highest BCUT2D eigenvalue weighted by Gasteiger charge is 2.39. The van der Waals surface area contributed by atoms with Gasteiger partial charge in [0.25, 0.3) is 0 Å². The van der Waals surface area contributed by atoms with Crippen LogP contribution in [0.15, 0.2) is 11.4 Å². The smallest absolute Gasteiger partial charge is 0.104 e. The second-order valence-corrected chi connectivity index (χ2v) is 8.63. The minimum absolute atomic E-state index is 0.0790. The zero-order valence-corrected chi connectivity index (χ0v) is 15.2. The molecule has 1 aromatic heterocycles. The summed E-state index contributed by atoms with van der Waals surface area (Å²) in [5.74, 6) is 5.68. The van der Waals surface area contributed by atoms with E-state index in [0.29, 0.717) is 6.04 Å². The van der Waals surface area contributed by atoms with Gasteiger partial charge in [0.1, 0.15) is 6.61 Å². The van der Waals surface area contributed by atoms with Gasteiger partial charge in [-0.1, -0.05) is 11.8 Å². The molecule has 1 aliphatic heterocycles. The number of hydrogen-bond acceptors (Lipinski definition) is 4. The fourth-order valence-corrected chi connectivity index (χ4v) is 4.50. The fourth-order valence-electron chi connectivity index (χ4n) is 3.63. The summed E-state index contributed by atoms with van der Waals surface area (Å²) in [6.07, 6.45) is 2.32. The van der Waals surface area contributed by atoms with Crippen molar-refractivity contribution in [1.29, 1.82) is 0 Å². The Labute approximate surface area is 138 Å². The lowest BCUT2D eigenvalue weighted by Gasteiger charge is -2.49. The maximum atomic E-state index is 8.76. The molecule has 3 nitrogen and oxygen atoms in total. The third-order valence-corrected chi connectivity index (χ3v) is 5.08. The van der Waals surface area contributed by atoms with Crippen molar-refractivity contribution in [2.45, 2.75) is 64.2 Å². The molecule has 2 N–H and O–H groups in total. The number of hydrogen-bond donors (Lipinski definition) is 2. The first-order valence-corrected chi connectivity index (χ1v) is 8.75. The molecule has 22 heavy (non-hydrogen) atoms. The van der Waals surface area contributed by atoms with Gasteiger partial charge in [-0.25, -0.2) is 0 Å². The first-order chi connectivity index (χ1) is 10.2. The first-order valence-electron chi connectivity index (χ1n) is 7.87. The summed E-state index contributed by atoms with van der Waals surface area (Å²) >= 11 is 1.75. The van der Waals surface area contributed by atoms with Gasteiger partial charge in [-0.3, -0.25) is 4.90 Å². The van der Waals surface area contributed by atoms with E-state index in [0.717, 1.165) is 24.9 Å². The highest BCUT2D eigenvalue weighted by Crippen LogP contribution is 2.32. The Balaban J connectivity index is 2.02. The molecule has 0 aromatic carbocycles. The van der Waals surface area contributed by atoms with Crippen LogP contribution in [-0.4, -0.2) is 40.8 Å². The van der Waals surface area contributed by atoms with Crippen LogP contribution in [0.4, 0.5) is 0 Å². The van der Waals surface area contributed by atoms with E-state index in [9.17, 15) is 0 Å². The molecular formula is C18H28N2OS. The van der Waals surface area contributed by atoms with Gasteiger partial charge in [0.15, 0.2) is 0 Å². The van der Waals surface area contributed by atoms with Crippen LogP contribution < -0.4 is 5.32 Å². The molecule has 1 saturated heterocycles. The number of rotatable bonds is 3. The second kappa shape index (κ2) is 6.72. The molecule has 0 unspecified atom stereocenters. The van der Waals surface area contributed by atoms with Gasteiger partial charge in [-0.15, -0.1) is 11.3 Å². The molecule has 0 spiro atoms. The van der Waals surface area contributed by atoms with Crippen LogP contribution in [0.5, 0.6) is 0 Å². The lowest BCUT2D eigenvalue weighted by atomic mass is 9.79. The zero-order chi connectivity index (χ0) is 16.4. The van der Waals surface area contributed by atoms with Crippen molar-refractivity contribution in [3.05, 3.63) is 21.9 Å². The summed E-state index contributed by atoms with van der Waals surface area (Å²) < 4.78 is 0. The van der Waals surface area contributed by atoms with E-state index >= 15 is 0 Å². The molecule has 4 heteroatoms. The normalized spacial score (nSPS) is 20.7. The summed E-state index contributed by atoms with van der Waals surface area (Å²) in [6, 6.07) is 2.72. The van der Waals surface area contributed by atoms with Crippen molar-refractivity contribution in [2.24, 2.45) is 0 Å². The fraction of sp³-hybridized carbons (Fsp3) is 0.667. The summed E-state index contributed by atoms with van der Waals surface area (Å²) in [5.41, 5.74) is 1.36. The third kappa shape index (κ3) is 4.82. The first kappa shape index (κ1) is 17.5. The predicted octanol–water partition coefficient (Wildman–Crippen LogP) is 2.83. The van der Waals surface area contributed by atoms with E-state index in [-0.39, 0.29) is 17.7 Å². The average Bonchev–Trinajstić information content (AvgIpc) is 2.80. The molecule has 0 atom stereocenters. The molecule has 0 aliphatic carbocycles. The van der Waals surface area contributed by atoms with Crippen LogP contribution in [0, 0.1) is 11.8 Å². The van der Waals surface area contributed by atoms with Crippen molar-refractivity contribution >= 4 is 11.3 Å². The molecule has 1 aliphatic rings. The number of piperidine rings is 1. The lowest BCUT2D eigenvalue weighted by molar-refractivity contribution is 0.0782. The highest BCUT2D eigenvalue weighted by atomic mass is 32.1. The Morgan fingerprint density at radius 2 is 1.95 bits per heavy atom. The number of thiophene rings is 1. The van der Waals surface area contributed by atoms with Crippen molar-refractivity contribution in [3.8, 4) is 11.8 Å². The Kier molecular flexibility index (Phi) is 5.34. The van der Waals surface area contributed by atoms with Crippen LogP contribution in [0.2, 0.25) is 0 Å². The van der Waals surface area contributed by atoms with E-state index in [1.54, 1.807) is 11.3 Å². The minimum Gasteiger partial charge on any atom is -0.384 e. The summed E-state index contributed by atoms with van der Waals surface area (Å²) in [6.45, 7) is 10.1. The van der Waals surface area contributed by atoms with Crippen molar-refractivity contribution in [1.82, 2.24) is 10.2 Å². The van der Waals surface area contributed by atoms with Gasteiger partial charge in [0, 0.05) is 39.5 Å². The maximum absolute atomic E-state index is 8.76.